The van der Waals surface area contributed by atoms with E-state index in [-0.39, 0.29) is 0 Å². The summed E-state index contributed by atoms with van der Waals surface area (Å²) in [5, 5.41) is 15.9. The van der Waals surface area contributed by atoms with Gasteiger partial charge in [-0.3, -0.25) is 5.10 Å². The van der Waals surface area contributed by atoms with Gasteiger partial charge < -0.3 is 10.8 Å². The van der Waals surface area contributed by atoms with E-state index in [0.717, 1.165) is 22.5 Å². The van der Waals surface area contributed by atoms with Gasteiger partial charge in [0, 0.05) is 11.5 Å². The van der Waals surface area contributed by atoms with Gasteiger partial charge in [-0.2, -0.15) is 5.10 Å². The fraction of sp³-hybridized carbons (Fsp3) is 0. The van der Waals surface area contributed by atoms with E-state index in [0.29, 0.717) is 5.82 Å². The Hall–Kier alpha value is -2.30. The highest BCUT2D eigenvalue weighted by molar-refractivity contribution is 5.91. The van der Waals surface area contributed by atoms with Gasteiger partial charge in [-0.15, -0.1) is 0 Å². The van der Waals surface area contributed by atoms with Crippen LogP contribution in [-0.2, 0) is 4.79 Å². The molecule has 2 aromatic rings. The minimum atomic E-state index is -0.977. The molecule has 1 aromatic heterocycles. The van der Waals surface area contributed by atoms with Crippen molar-refractivity contribution in [1.82, 2.24) is 10.2 Å². The molecule has 0 bridgehead atoms. The van der Waals surface area contributed by atoms with Crippen molar-refractivity contribution in [2.75, 3.05) is 5.73 Å². The number of carboxylic acids is 1. The van der Waals surface area contributed by atoms with E-state index < -0.39 is 5.97 Å². The van der Waals surface area contributed by atoms with Crippen molar-refractivity contribution >= 4 is 28.8 Å². The molecule has 0 fully saturated rings. The van der Waals surface area contributed by atoms with Crippen molar-refractivity contribution in [2.24, 2.45) is 0 Å². The van der Waals surface area contributed by atoms with E-state index in [4.69, 9.17) is 10.8 Å². The maximum absolute atomic E-state index is 10.3. The van der Waals surface area contributed by atoms with Crippen molar-refractivity contribution in [3.05, 3.63) is 29.8 Å². The number of nitrogens with one attached hydrogen (secondary N) is 1. The highest BCUT2D eigenvalue weighted by Gasteiger charge is 2.01. The SMILES string of the molecule is Nc1n[nH]c2ccc(C=CC(=O)O)cc12. The van der Waals surface area contributed by atoms with Gasteiger partial charge in [0.25, 0.3) is 0 Å². The second kappa shape index (κ2) is 3.45. The molecule has 0 saturated heterocycles. The van der Waals surface area contributed by atoms with E-state index in [1.165, 1.54) is 6.08 Å². The van der Waals surface area contributed by atoms with Crippen LogP contribution in [0.25, 0.3) is 17.0 Å². The Balaban J connectivity index is 2.46. The molecule has 5 heteroatoms. The second-order valence-corrected chi connectivity index (χ2v) is 3.09. The highest BCUT2D eigenvalue weighted by atomic mass is 16.4. The minimum Gasteiger partial charge on any atom is -0.478 e. The number of H-pyrrole nitrogens is 1. The summed E-state index contributed by atoms with van der Waals surface area (Å²) in [6.45, 7) is 0. The maximum atomic E-state index is 10.3. The lowest BCUT2D eigenvalue weighted by molar-refractivity contribution is -0.131. The van der Waals surface area contributed by atoms with E-state index >= 15 is 0 Å². The zero-order valence-electron chi connectivity index (χ0n) is 7.77. The number of aromatic amines is 1. The lowest BCUT2D eigenvalue weighted by atomic mass is 10.1. The monoisotopic (exact) mass is 203 g/mol. The van der Waals surface area contributed by atoms with E-state index in [1.54, 1.807) is 18.2 Å². The summed E-state index contributed by atoms with van der Waals surface area (Å²) in [6, 6.07) is 5.38. The molecular weight excluding hydrogens is 194 g/mol. The Morgan fingerprint density at radius 1 is 1.53 bits per heavy atom. The summed E-state index contributed by atoms with van der Waals surface area (Å²) in [6.07, 6.45) is 2.59. The molecule has 15 heavy (non-hydrogen) atoms. The Morgan fingerprint density at radius 2 is 2.33 bits per heavy atom. The lowest BCUT2D eigenvalue weighted by Gasteiger charge is -1.93. The van der Waals surface area contributed by atoms with Gasteiger partial charge in [-0.25, -0.2) is 4.79 Å². The number of anilines is 1. The number of aromatic nitrogens is 2. The number of nitrogen functional groups attached to an aromatic ring is 1. The van der Waals surface area contributed by atoms with Crippen molar-refractivity contribution in [2.45, 2.75) is 0 Å². The average Bonchev–Trinajstić information content (AvgIpc) is 2.57. The number of carbonyl (C=O) groups is 1. The molecule has 4 N–H and O–H groups in total. The number of fused-ring (bicyclic) bond motifs is 1. The van der Waals surface area contributed by atoms with Crippen LogP contribution in [0.4, 0.5) is 5.82 Å². The van der Waals surface area contributed by atoms with Crippen molar-refractivity contribution in [3.63, 3.8) is 0 Å². The number of carboxylic acid groups (broad SMARTS) is 1. The van der Waals surface area contributed by atoms with Crippen molar-refractivity contribution in [3.8, 4) is 0 Å². The third-order valence-electron chi connectivity index (χ3n) is 2.03. The molecule has 0 aliphatic carbocycles. The van der Waals surface area contributed by atoms with E-state index in [2.05, 4.69) is 10.2 Å². The van der Waals surface area contributed by atoms with Crippen LogP contribution in [0, 0.1) is 0 Å². The van der Waals surface area contributed by atoms with Crippen LogP contribution >= 0.6 is 0 Å². The summed E-state index contributed by atoms with van der Waals surface area (Å²) in [5.74, 6) is -0.564. The predicted molar refractivity (Wildman–Crippen MR) is 57.2 cm³/mol. The molecule has 0 spiro atoms. The van der Waals surface area contributed by atoms with Crippen LogP contribution in [-0.4, -0.2) is 21.3 Å². The Labute approximate surface area is 85.2 Å². The molecular formula is C10H9N3O2. The minimum absolute atomic E-state index is 0.413. The topological polar surface area (TPSA) is 92.0 Å². The summed E-state index contributed by atoms with van der Waals surface area (Å²) in [4.78, 5) is 10.3. The fourth-order valence-corrected chi connectivity index (χ4v) is 1.32. The molecule has 1 heterocycles. The molecule has 1 aromatic carbocycles. The summed E-state index contributed by atoms with van der Waals surface area (Å²) in [5.41, 5.74) is 7.23. The van der Waals surface area contributed by atoms with Gasteiger partial charge in [0.2, 0.25) is 0 Å². The predicted octanol–water partition coefficient (Wildman–Crippen LogP) is 1.24. The van der Waals surface area contributed by atoms with E-state index in [1.807, 2.05) is 0 Å². The standard InChI is InChI=1S/C10H9N3O2/c11-10-7-5-6(2-4-9(14)15)1-3-8(7)12-13-10/h1-5H,(H,14,15)(H3,11,12,13). The van der Waals surface area contributed by atoms with Gasteiger partial charge in [-0.1, -0.05) is 6.07 Å². The number of aliphatic carboxylic acids is 1. The molecule has 0 aliphatic rings. The molecule has 0 aliphatic heterocycles. The van der Waals surface area contributed by atoms with Gasteiger partial charge in [0.05, 0.1) is 5.52 Å². The third-order valence-corrected chi connectivity index (χ3v) is 2.03. The van der Waals surface area contributed by atoms with Crippen LogP contribution in [0.5, 0.6) is 0 Å². The third kappa shape index (κ3) is 1.80. The number of hydrogen-bond donors (Lipinski definition) is 3. The molecule has 0 unspecified atom stereocenters. The molecule has 0 radical (unpaired) electrons. The van der Waals surface area contributed by atoms with Gasteiger partial charge >= 0.3 is 5.97 Å². The average molecular weight is 203 g/mol. The first-order valence-corrected chi connectivity index (χ1v) is 4.31. The second-order valence-electron chi connectivity index (χ2n) is 3.09. The van der Waals surface area contributed by atoms with Crippen LogP contribution in [0.2, 0.25) is 0 Å². The van der Waals surface area contributed by atoms with Crippen LogP contribution in [0.15, 0.2) is 24.3 Å². The molecule has 0 atom stereocenters. The zero-order valence-corrected chi connectivity index (χ0v) is 7.77. The number of nitrogens with two attached hydrogens (primary N) is 1. The Morgan fingerprint density at radius 3 is 3.07 bits per heavy atom. The summed E-state index contributed by atoms with van der Waals surface area (Å²) >= 11 is 0. The van der Waals surface area contributed by atoms with Crippen LogP contribution in [0.1, 0.15) is 5.56 Å². The highest BCUT2D eigenvalue weighted by Crippen LogP contribution is 2.19. The zero-order chi connectivity index (χ0) is 10.8. The number of rotatable bonds is 2. The largest absolute Gasteiger partial charge is 0.478 e. The molecule has 0 amide bonds. The normalized spacial score (nSPS) is 11.2. The maximum Gasteiger partial charge on any atom is 0.328 e. The number of nitrogens with zero attached hydrogens (tertiary/aromatic N) is 1. The van der Waals surface area contributed by atoms with Crippen LogP contribution in [0.3, 0.4) is 0 Å². The quantitative estimate of drug-likeness (QED) is 0.640. The molecule has 2 rings (SSSR count). The first kappa shape index (κ1) is 9.26. The van der Waals surface area contributed by atoms with Crippen molar-refractivity contribution in [1.29, 1.82) is 0 Å². The van der Waals surface area contributed by atoms with Gasteiger partial charge in [0.1, 0.15) is 0 Å². The fourth-order valence-electron chi connectivity index (χ4n) is 1.32. The van der Waals surface area contributed by atoms with Gasteiger partial charge in [-0.05, 0) is 23.8 Å². The molecule has 76 valence electrons. The summed E-state index contributed by atoms with van der Waals surface area (Å²) < 4.78 is 0. The number of hydrogen-bond acceptors (Lipinski definition) is 3. The molecule has 0 saturated carbocycles. The number of benzene rings is 1. The Kier molecular flexibility index (Phi) is 2.13. The lowest BCUT2D eigenvalue weighted by Crippen LogP contribution is -1.86. The smallest absolute Gasteiger partial charge is 0.328 e. The van der Waals surface area contributed by atoms with Crippen molar-refractivity contribution < 1.29 is 9.90 Å². The Bertz CT molecular complexity index is 543. The molecule has 5 nitrogen and oxygen atoms in total. The van der Waals surface area contributed by atoms with E-state index in [9.17, 15) is 4.79 Å². The first-order chi connectivity index (χ1) is 7.16. The van der Waals surface area contributed by atoms with Gasteiger partial charge in [0.15, 0.2) is 5.82 Å². The first-order valence-electron chi connectivity index (χ1n) is 4.31. The van der Waals surface area contributed by atoms with Crippen LogP contribution < -0.4 is 5.73 Å². The summed E-state index contributed by atoms with van der Waals surface area (Å²) in [7, 11) is 0.